The van der Waals surface area contributed by atoms with Crippen LogP contribution in [0.3, 0.4) is 0 Å². The maximum atomic E-state index is 9.08. The topological polar surface area (TPSA) is 54.4 Å². The Bertz CT molecular complexity index is 342. The van der Waals surface area contributed by atoms with Gasteiger partial charge in [0.25, 0.3) is 0 Å². The molecular formula is C14H24N2O2. The number of hydrogen-bond donors (Lipinski definition) is 2. The number of nitrogens with one attached hydrogen (secondary N) is 1. The average molecular weight is 252 g/mol. The molecule has 0 aliphatic carbocycles. The highest BCUT2D eigenvalue weighted by molar-refractivity contribution is 5.50. The highest BCUT2D eigenvalue weighted by Gasteiger charge is 2.15. The molecule has 1 aromatic heterocycles. The Morgan fingerprint density at radius 3 is 2.83 bits per heavy atom. The van der Waals surface area contributed by atoms with Gasteiger partial charge in [-0.1, -0.05) is 20.8 Å². The second-order valence-corrected chi connectivity index (χ2v) is 4.71. The first-order valence-corrected chi connectivity index (χ1v) is 6.64. The molecule has 1 heterocycles. The number of hydrogen-bond acceptors (Lipinski definition) is 4. The molecule has 0 aliphatic heterocycles. The molecule has 0 saturated heterocycles. The zero-order chi connectivity index (χ0) is 13.4. The van der Waals surface area contributed by atoms with Gasteiger partial charge < -0.3 is 15.2 Å². The van der Waals surface area contributed by atoms with Crippen molar-refractivity contribution >= 4 is 5.82 Å². The van der Waals surface area contributed by atoms with Gasteiger partial charge in [-0.05, 0) is 30.9 Å². The van der Waals surface area contributed by atoms with E-state index >= 15 is 0 Å². The minimum absolute atomic E-state index is 0.174. The highest BCUT2D eigenvalue weighted by Crippen LogP contribution is 2.24. The molecule has 102 valence electrons. The van der Waals surface area contributed by atoms with Gasteiger partial charge in [-0.3, -0.25) is 0 Å². The van der Waals surface area contributed by atoms with Gasteiger partial charge in [0.1, 0.15) is 0 Å². The number of ether oxygens (including phenoxy) is 1. The Balaban J connectivity index is 2.74. The van der Waals surface area contributed by atoms with Crippen LogP contribution < -0.4 is 10.1 Å². The number of anilines is 1. The van der Waals surface area contributed by atoms with Crippen molar-refractivity contribution in [2.75, 3.05) is 18.5 Å². The number of nitrogens with zero attached hydrogens (tertiary/aromatic N) is 1. The van der Waals surface area contributed by atoms with Crippen LogP contribution in [-0.2, 0) is 0 Å². The monoisotopic (exact) mass is 252 g/mol. The lowest BCUT2D eigenvalue weighted by atomic mass is 10.0. The summed E-state index contributed by atoms with van der Waals surface area (Å²) in [6.07, 6.45) is 3.43. The van der Waals surface area contributed by atoms with Crippen LogP contribution in [0.25, 0.3) is 0 Å². The molecule has 1 atom stereocenters. The molecule has 4 nitrogen and oxygen atoms in total. The van der Waals surface area contributed by atoms with E-state index in [1.807, 2.05) is 12.1 Å². The molecule has 4 heteroatoms. The van der Waals surface area contributed by atoms with Crippen molar-refractivity contribution in [3.8, 4) is 5.75 Å². The van der Waals surface area contributed by atoms with E-state index in [9.17, 15) is 0 Å². The van der Waals surface area contributed by atoms with Crippen LogP contribution in [0.15, 0.2) is 18.3 Å². The van der Waals surface area contributed by atoms with Crippen LogP contribution in [0.4, 0.5) is 5.82 Å². The minimum Gasteiger partial charge on any atom is -0.490 e. The Labute approximate surface area is 109 Å². The van der Waals surface area contributed by atoms with Gasteiger partial charge in [-0.25, -0.2) is 4.98 Å². The van der Waals surface area contributed by atoms with Gasteiger partial charge in [0.2, 0.25) is 0 Å². The van der Waals surface area contributed by atoms with Gasteiger partial charge in [0, 0.05) is 18.8 Å². The van der Waals surface area contributed by atoms with Crippen molar-refractivity contribution in [2.45, 2.75) is 39.7 Å². The maximum Gasteiger partial charge on any atom is 0.168 e. The first kappa shape index (κ1) is 14.8. The molecule has 0 fully saturated rings. The van der Waals surface area contributed by atoms with Crippen LogP contribution in [0, 0.1) is 5.92 Å². The third-order valence-electron chi connectivity index (χ3n) is 2.80. The molecule has 1 unspecified atom stereocenters. The molecule has 18 heavy (non-hydrogen) atoms. The van der Waals surface area contributed by atoms with E-state index < -0.39 is 0 Å². The van der Waals surface area contributed by atoms with Crippen molar-refractivity contribution in [2.24, 2.45) is 5.92 Å². The van der Waals surface area contributed by atoms with Crippen molar-refractivity contribution in [3.63, 3.8) is 0 Å². The molecule has 0 spiro atoms. The zero-order valence-corrected chi connectivity index (χ0v) is 11.5. The van der Waals surface area contributed by atoms with E-state index in [2.05, 4.69) is 31.1 Å². The number of rotatable bonds is 8. The number of aromatic nitrogens is 1. The van der Waals surface area contributed by atoms with E-state index in [0.717, 1.165) is 18.0 Å². The lowest BCUT2D eigenvalue weighted by molar-refractivity contribution is 0.266. The summed E-state index contributed by atoms with van der Waals surface area (Å²) in [5.41, 5.74) is 0. The molecule has 0 saturated carbocycles. The lowest BCUT2D eigenvalue weighted by Gasteiger charge is -2.23. The molecule has 0 radical (unpaired) electrons. The number of aliphatic hydroxyl groups excluding tert-OH is 1. The van der Waals surface area contributed by atoms with Crippen molar-refractivity contribution < 1.29 is 9.84 Å². The largest absolute Gasteiger partial charge is 0.490 e. The summed E-state index contributed by atoms with van der Waals surface area (Å²) in [6.45, 7) is 7.19. The standard InChI is InChI=1S/C14H24N2O2/c1-4-10-18-13-6-5-8-15-14(13)16-12(7-9-17)11(2)3/h5-6,8,11-12,17H,4,7,9-10H2,1-3H3,(H,15,16). The van der Waals surface area contributed by atoms with E-state index in [1.165, 1.54) is 0 Å². The van der Waals surface area contributed by atoms with Crippen LogP contribution in [0.1, 0.15) is 33.6 Å². The second-order valence-electron chi connectivity index (χ2n) is 4.71. The smallest absolute Gasteiger partial charge is 0.168 e. The van der Waals surface area contributed by atoms with E-state index in [0.29, 0.717) is 18.9 Å². The van der Waals surface area contributed by atoms with Crippen LogP contribution in [0.5, 0.6) is 5.75 Å². The third kappa shape index (κ3) is 4.53. The summed E-state index contributed by atoms with van der Waals surface area (Å²) in [6, 6.07) is 3.99. The summed E-state index contributed by atoms with van der Waals surface area (Å²) < 4.78 is 5.66. The van der Waals surface area contributed by atoms with Crippen molar-refractivity contribution in [1.29, 1.82) is 0 Å². The summed E-state index contributed by atoms with van der Waals surface area (Å²) in [4.78, 5) is 4.32. The molecule has 0 aliphatic rings. The van der Waals surface area contributed by atoms with Gasteiger partial charge in [-0.15, -0.1) is 0 Å². The fraction of sp³-hybridized carbons (Fsp3) is 0.643. The van der Waals surface area contributed by atoms with Crippen LogP contribution in [0.2, 0.25) is 0 Å². The van der Waals surface area contributed by atoms with Crippen molar-refractivity contribution in [3.05, 3.63) is 18.3 Å². The minimum atomic E-state index is 0.174. The first-order chi connectivity index (χ1) is 8.69. The predicted octanol–water partition coefficient (Wildman–Crippen LogP) is 2.69. The quantitative estimate of drug-likeness (QED) is 0.747. The number of aliphatic hydroxyl groups is 1. The summed E-state index contributed by atoms with van der Waals surface area (Å²) in [7, 11) is 0. The van der Waals surface area contributed by atoms with Gasteiger partial charge in [-0.2, -0.15) is 0 Å². The predicted molar refractivity (Wildman–Crippen MR) is 74.0 cm³/mol. The molecular weight excluding hydrogens is 228 g/mol. The van der Waals surface area contributed by atoms with E-state index in [1.54, 1.807) is 6.20 Å². The average Bonchev–Trinajstić information content (AvgIpc) is 2.37. The Morgan fingerprint density at radius 1 is 1.44 bits per heavy atom. The molecule has 0 amide bonds. The van der Waals surface area contributed by atoms with Crippen LogP contribution in [-0.4, -0.2) is 29.3 Å². The maximum absolute atomic E-state index is 9.08. The third-order valence-corrected chi connectivity index (χ3v) is 2.80. The normalized spacial score (nSPS) is 12.5. The second kappa shape index (κ2) is 7.93. The Hall–Kier alpha value is -1.29. The zero-order valence-electron chi connectivity index (χ0n) is 11.5. The summed E-state index contributed by atoms with van der Waals surface area (Å²) in [5.74, 6) is 1.97. The fourth-order valence-corrected chi connectivity index (χ4v) is 1.71. The number of pyridine rings is 1. The molecule has 0 aromatic carbocycles. The molecule has 2 N–H and O–H groups in total. The summed E-state index contributed by atoms with van der Waals surface area (Å²) in [5, 5.41) is 12.4. The van der Waals surface area contributed by atoms with Crippen molar-refractivity contribution in [1.82, 2.24) is 4.98 Å². The fourth-order valence-electron chi connectivity index (χ4n) is 1.71. The Morgan fingerprint density at radius 2 is 2.22 bits per heavy atom. The van der Waals surface area contributed by atoms with Gasteiger partial charge in [0.05, 0.1) is 6.61 Å². The molecule has 0 bridgehead atoms. The summed E-state index contributed by atoms with van der Waals surface area (Å²) >= 11 is 0. The SMILES string of the molecule is CCCOc1cccnc1NC(CCO)C(C)C. The first-order valence-electron chi connectivity index (χ1n) is 6.64. The Kier molecular flexibility index (Phi) is 6.50. The molecule has 1 aromatic rings. The van der Waals surface area contributed by atoms with Gasteiger partial charge >= 0.3 is 0 Å². The lowest BCUT2D eigenvalue weighted by Crippen LogP contribution is -2.27. The molecule has 1 rings (SSSR count). The van der Waals surface area contributed by atoms with E-state index in [-0.39, 0.29) is 12.6 Å². The van der Waals surface area contributed by atoms with Gasteiger partial charge in [0.15, 0.2) is 11.6 Å². The van der Waals surface area contributed by atoms with Crippen LogP contribution >= 0.6 is 0 Å². The van der Waals surface area contributed by atoms with E-state index in [4.69, 9.17) is 9.84 Å². The highest BCUT2D eigenvalue weighted by atomic mass is 16.5.